The number of fused-ring (bicyclic) bond motifs is 3. The normalized spacial score (nSPS) is 21.4. The predicted octanol–water partition coefficient (Wildman–Crippen LogP) is 3.09. The maximum Gasteiger partial charge on any atom is 0.410 e. The molecule has 30 heavy (non-hydrogen) atoms. The second-order valence-corrected chi connectivity index (χ2v) is 8.24. The molecule has 9 nitrogen and oxygen atoms in total. The average molecular weight is 409 g/mol. The van der Waals surface area contributed by atoms with Crippen molar-refractivity contribution in [1.29, 1.82) is 10.8 Å². The van der Waals surface area contributed by atoms with Gasteiger partial charge in [-0.15, -0.1) is 0 Å². The van der Waals surface area contributed by atoms with E-state index in [9.17, 15) is 4.79 Å². The van der Waals surface area contributed by atoms with Gasteiger partial charge in [0.2, 0.25) is 0 Å². The molecule has 158 valence electrons. The standard InChI is InChI=1S/C21H27N7O2/c1-13(2)11-30-21(29)28-15-3-4-16(28)10-27(9-15)20-17-7-18(14(8-23)5-6-22)26-19(17)24-12-25-20/h5-8,12-13,15-16,22-23H,3-4,9-11H2,1-2H3,(H,24,25,26)/b14-5+,22-6?,23-8?. The number of carbonyl (C=O) groups is 1. The first-order chi connectivity index (χ1) is 14.5. The molecule has 2 aromatic rings. The summed E-state index contributed by atoms with van der Waals surface area (Å²) in [5, 5.41) is 15.8. The van der Waals surface area contributed by atoms with Crippen LogP contribution in [0.2, 0.25) is 0 Å². The Kier molecular flexibility index (Phi) is 5.52. The number of aromatic amines is 1. The van der Waals surface area contributed by atoms with Crippen molar-refractivity contribution in [2.75, 3.05) is 24.6 Å². The lowest BCUT2D eigenvalue weighted by molar-refractivity contribution is 0.0704. The monoisotopic (exact) mass is 409 g/mol. The molecular formula is C21H27N7O2. The van der Waals surface area contributed by atoms with Crippen LogP contribution in [0.1, 0.15) is 32.4 Å². The molecule has 3 N–H and O–H groups in total. The van der Waals surface area contributed by atoms with Gasteiger partial charge in [-0.25, -0.2) is 14.8 Å². The zero-order chi connectivity index (χ0) is 21.3. The van der Waals surface area contributed by atoms with Crippen molar-refractivity contribution in [2.24, 2.45) is 5.92 Å². The fourth-order valence-corrected chi connectivity index (χ4v) is 4.33. The number of ether oxygens (including phenoxy) is 1. The fraction of sp³-hybridized carbons (Fsp3) is 0.476. The number of rotatable bonds is 6. The number of aromatic nitrogens is 3. The summed E-state index contributed by atoms with van der Waals surface area (Å²) in [5.41, 5.74) is 2.02. The van der Waals surface area contributed by atoms with E-state index in [0.717, 1.165) is 36.0 Å². The van der Waals surface area contributed by atoms with E-state index in [4.69, 9.17) is 15.6 Å². The highest BCUT2D eigenvalue weighted by Gasteiger charge is 2.44. The van der Waals surface area contributed by atoms with Crippen LogP contribution in [0, 0.1) is 16.7 Å². The SMILES string of the molecule is CC(C)COC(=O)N1C2CCC1CN(c1ncnc3[nH]c(/C(C=N)=C/C=N)cc13)C2. The summed E-state index contributed by atoms with van der Waals surface area (Å²) in [4.78, 5) is 28.8. The van der Waals surface area contributed by atoms with E-state index in [-0.39, 0.29) is 18.2 Å². The van der Waals surface area contributed by atoms with E-state index in [2.05, 4.69) is 19.9 Å². The molecule has 2 atom stereocenters. The van der Waals surface area contributed by atoms with Crippen molar-refractivity contribution in [1.82, 2.24) is 19.9 Å². The fourth-order valence-electron chi connectivity index (χ4n) is 4.33. The first-order valence-electron chi connectivity index (χ1n) is 10.3. The molecule has 2 fully saturated rings. The smallest absolute Gasteiger partial charge is 0.410 e. The first kappa shape index (κ1) is 20.1. The molecule has 0 spiro atoms. The lowest BCUT2D eigenvalue weighted by atomic mass is 10.1. The molecule has 2 aromatic heterocycles. The Hall–Kier alpha value is -3.23. The lowest BCUT2D eigenvalue weighted by Gasteiger charge is -2.41. The number of allylic oxidation sites excluding steroid dienone is 2. The highest BCUT2D eigenvalue weighted by atomic mass is 16.6. The van der Waals surface area contributed by atoms with Crippen LogP contribution in [-0.4, -0.2) is 70.2 Å². The van der Waals surface area contributed by atoms with Gasteiger partial charge in [0.1, 0.15) is 17.8 Å². The number of piperazine rings is 1. The zero-order valence-electron chi connectivity index (χ0n) is 17.3. The van der Waals surface area contributed by atoms with Gasteiger partial charge in [-0.3, -0.25) is 4.90 Å². The van der Waals surface area contributed by atoms with Crippen LogP contribution in [0.3, 0.4) is 0 Å². The third kappa shape index (κ3) is 3.67. The van der Waals surface area contributed by atoms with E-state index in [1.165, 1.54) is 12.5 Å². The molecule has 0 aliphatic carbocycles. The molecule has 2 bridgehead atoms. The topological polar surface area (TPSA) is 122 Å². The minimum absolute atomic E-state index is 0.113. The molecule has 0 radical (unpaired) electrons. The molecule has 2 saturated heterocycles. The molecule has 4 heterocycles. The Morgan fingerprint density at radius 2 is 2.03 bits per heavy atom. The maximum atomic E-state index is 12.6. The highest BCUT2D eigenvalue weighted by Crippen LogP contribution is 2.35. The molecule has 2 aliphatic rings. The van der Waals surface area contributed by atoms with Gasteiger partial charge in [0.25, 0.3) is 0 Å². The summed E-state index contributed by atoms with van der Waals surface area (Å²) in [6.07, 6.45) is 7.19. The number of carbonyl (C=O) groups excluding carboxylic acids is 1. The lowest BCUT2D eigenvalue weighted by Crippen LogP contribution is -2.56. The third-order valence-electron chi connectivity index (χ3n) is 5.67. The summed E-state index contributed by atoms with van der Waals surface area (Å²) in [7, 11) is 0. The van der Waals surface area contributed by atoms with Gasteiger partial charge in [0, 0.05) is 36.8 Å². The Bertz CT molecular complexity index is 982. The zero-order valence-corrected chi connectivity index (χ0v) is 17.3. The minimum Gasteiger partial charge on any atom is -0.449 e. The van der Waals surface area contributed by atoms with Gasteiger partial charge < -0.3 is 25.4 Å². The second kappa shape index (κ2) is 8.25. The third-order valence-corrected chi connectivity index (χ3v) is 5.67. The van der Waals surface area contributed by atoms with E-state index < -0.39 is 0 Å². The maximum absolute atomic E-state index is 12.6. The number of nitrogens with zero attached hydrogens (tertiary/aromatic N) is 4. The van der Waals surface area contributed by atoms with Crippen molar-refractivity contribution in [2.45, 2.75) is 38.8 Å². The Morgan fingerprint density at radius 3 is 2.67 bits per heavy atom. The average Bonchev–Trinajstić information content (AvgIpc) is 3.28. The number of amides is 1. The van der Waals surface area contributed by atoms with Crippen molar-refractivity contribution in [3.8, 4) is 0 Å². The Balaban J connectivity index is 1.58. The number of anilines is 1. The van der Waals surface area contributed by atoms with Crippen LogP contribution < -0.4 is 4.90 Å². The predicted molar refractivity (Wildman–Crippen MR) is 116 cm³/mol. The number of nitrogens with one attached hydrogen (secondary N) is 3. The van der Waals surface area contributed by atoms with Gasteiger partial charge in [-0.2, -0.15) is 0 Å². The van der Waals surface area contributed by atoms with Crippen LogP contribution in [0.25, 0.3) is 16.6 Å². The number of H-pyrrole nitrogens is 1. The van der Waals surface area contributed by atoms with E-state index in [1.807, 2.05) is 24.8 Å². The van der Waals surface area contributed by atoms with Crippen LogP contribution in [0.4, 0.5) is 10.6 Å². The van der Waals surface area contributed by atoms with Crippen molar-refractivity contribution in [3.63, 3.8) is 0 Å². The van der Waals surface area contributed by atoms with Crippen LogP contribution >= 0.6 is 0 Å². The molecule has 2 aliphatic heterocycles. The van der Waals surface area contributed by atoms with Gasteiger partial charge in [0.05, 0.1) is 24.1 Å². The molecule has 0 saturated carbocycles. The summed E-state index contributed by atoms with van der Waals surface area (Å²) < 4.78 is 5.49. The number of hydrogen-bond acceptors (Lipinski definition) is 7. The molecule has 0 aromatic carbocycles. The van der Waals surface area contributed by atoms with E-state index >= 15 is 0 Å². The molecule has 9 heteroatoms. The van der Waals surface area contributed by atoms with E-state index in [1.54, 1.807) is 6.08 Å². The van der Waals surface area contributed by atoms with Crippen LogP contribution in [0.15, 0.2) is 18.5 Å². The summed E-state index contributed by atoms with van der Waals surface area (Å²) >= 11 is 0. The quantitative estimate of drug-likeness (QED) is 0.633. The van der Waals surface area contributed by atoms with Crippen molar-refractivity contribution < 1.29 is 9.53 Å². The summed E-state index contributed by atoms with van der Waals surface area (Å²) in [5.74, 6) is 1.14. The van der Waals surface area contributed by atoms with Crippen LogP contribution in [-0.2, 0) is 4.74 Å². The van der Waals surface area contributed by atoms with Crippen molar-refractivity contribution >= 4 is 40.9 Å². The number of hydrogen-bond donors (Lipinski definition) is 3. The Labute approximate surface area is 175 Å². The first-order valence-corrected chi connectivity index (χ1v) is 10.3. The summed E-state index contributed by atoms with van der Waals surface area (Å²) in [6.45, 7) is 5.91. The Morgan fingerprint density at radius 1 is 1.30 bits per heavy atom. The second-order valence-electron chi connectivity index (χ2n) is 8.24. The highest BCUT2D eigenvalue weighted by molar-refractivity contribution is 6.13. The largest absolute Gasteiger partial charge is 0.449 e. The van der Waals surface area contributed by atoms with Crippen LogP contribution in [0.5, 0.6) is 0 Å². The van der Waals surface area contributed by atoms with Gasteiger partial charge in [-0.1, -0.05) is 13.8 Å². The van der Waals surface area contributed by atoms with Gasteiger partial charge >= 0.3 is 6.09 Å². The van der Waals surface area contributed by atoms with E-state index in [0.29, 0.717) is 36.8 Å². The summed E-state index contributed by atoms with van der Waals surface area (Å²) in [6, 6.07) is 2.15. The molecule has 2 unspecified atom stereocenters. The van der Waals surface area contributed by atoms with Crippen molar-refractivity contribution in [3.05, 3.63) is 24.2 Å². The minimum atomic E-state index is -0.208. The van der Waals surface area contributed by atoms with Gasteiger partial charge in [-0.05, 0) is 30.9 Å². The molecule has 4 rings (SSSR count). The van der Waals surface area contributed by atoms with Gasteiger partial charge in [0.15, 0.2) is 0 Å². The molecule has 1 amide bonds. The molecular weight excluding hydrogens is 382 g/mol.